The van der Waals surface area contributed by atoms with E-state index in [9.17, 15) is 9.59 Å². The van der Waals surface area contributed by atoms with Crippen molar-refractivity contribution in [1.82, 2.24) is 20.0 Å². The van der Waals surface area contributed by atoms with Gasteiger partial charge in [-0.05, 0) is 23.8 Å². The van der Waals surface area contributed by atoms with Crippen LogP contribution in [0.1, 0.15) is 5.56 Å². The van der Waals surface area contributed by atoms with Gasteiger partial charge in [0, 0.05) is 26.0 Å². The Hall–Kier alpha value is -2.83. The molecule has 2 amide bonds. The second-order valence-corrected chi connectivity index (χ2v) is 5.11. The van der Waals surface area contributed by atoms with E-state index in [0.717, 1.165) is 11.3 Å². The minimum Gasteiger partial charge on any atom is -0.447 e. The fourth-order valence-corrected chi connectivity index (χ4v) is 2.31. The van der Waals surface area contributed by atoms with Crippen molar-refractivity contribution in [2.24, 2.45) is 0 Å². The number of hydrogen-bond donors (Lipinski definition) is 1. The second-order valence-electron chi connectivity index (χ2n) is 5.11. The molecule has 1 aliphatic heterocycles. The van der Waals surface area contributed by atoms with Crippen molar-refractivity contribution in [3.8, 4) is 5.69 Å². The molecule has 2 heterocycles. The van der Waals surface area contributed by atoms with E-state index in [0.29, 0.717) is 6.54 Å². The van der Waals surface area contributed by atoms with Gasteiger partial charge < -0.3 is 15.0 Å². The number of carbonyl (C=O) groups excluding carboxylic acids is 2. The first-order chi connectivity index (χ1) is 10.6. The zero-order valence-corrected chi connectivity index (χ0v) is 12.1. The Kier molecular flexibility index (Phi) is 3.78. The fourth-order valence-electron chi connectivity index (χ4n) is 2.31. The molecule has 1 fully saturated rings. The van der Waals surface area contributed by atoms with E-state index < -0.39 is 12.1 Å². The third-order valence-corrected chi connectivity index (χ3v) is 3.47. The van der Waals surface area contributed by atoms with Crippen molar-refractivity contribution in [1.29, 1.82) is 0 Å². The van der Waals surface area contributed by atoms with Gasteiger partial charge in [-0.1, -0.05) is 12.1 Å². The van der Waals surface area contributed by atoms with Crippen LogP contribution in [0.4, 0.5) is 4.79 Å². The molecule has 0 spiro atoms. The summed E-state index contributed by atoms with van der Waals surface area (Å²) in [5.41, 5.74) is 1.95. The largest absolute Gasteiger partial charge is 0.447 e. The molecule has 0 aliphatic carbocycles. The molecular weight excluding hydrogens is 284 g/mol. The van der Waals surface area contributed by atoms with Gasteiger partial charge in [0.25, 0.3) is 0 Å². The highest BCUT2D eigenvalue weighted by Crippen LogP contribution is 2.11. The van der Waals surface area contributed by atoms with Crippen LogP contribution in [0.2, 0.25) is 0 Å². The lowest BCUT2D eigenvalue weighted by Crippen LogP contribution is -2.43. The highest BCUT2D eigenvalue weighted by Gasteiger charge is 2.30. The molecule has 1 aromatic carbocycles. The number of hydrogen-bond acceptors (Lipinski definition) is 4. The van der Waals surface area contributed by atoms with Crippen molar-refractivity contribution >= 4 is 12.0 Å². The van der Waals surface area contributed by atoms with Crippen LogP contribution in [0.3, 0.4) is 0 Å². The van der Waals surface area contributed by atoms with Gasteiger partial charge in [-0.25, -0.2) is 9.48 Å². The summed E-state index contributed by atoms with van der Waals surface area (Å²) in [7, 11) is 1.70. The molecule has 0 saturated carbocycles. The number of benzene rings is 1. The Morgan fingerprint density at radius 1 is 1.45 bits per heavy atom. The Morgan fingerprint density at radius 3 is 2.82 bits per heavy atom. The number of nitrogens with zero attached hydrogens (tertiary/aromatic N) is 3. The maximum Gasteiger partial charge on any atom is 0.407 e. The van der Waals surface area contributed by atoms with Crippen LogP contribution in [0, 0.1) is 0 Å². The van der Waals surface area contributed by atoms with E-state index >= 15 is 0 Å². The van der Waals surface area contributed by atoms with Gasteiger partial charge >= 0.3 is 6.09 Å². The highest BCUT2D eigenvalue weighted by atomic mass is 16.6. The molecule has 114 valence electrons. The smallest absolute Gasteiger partial charge is 0.407 e. The van der Waals surface area contributed by atoms with Crippen LogP contribution in [-0.4, -0.2) is 46.4 Å². The second kappa shape index (κ2) is 5.88. The predicted molar refractivity (Wildman–Crippen MR) is 78.3 cm³/mol. The van der Waals surface area contributed by atoms with Gasteiger partial charge in [-0.15, -0.1) is 0 Å². The van der Waals surface area contributed by atoms with Gasteiger partial charge in [0.2, 0.25) is 5.91 Å². The molecule has 0 radical (unpaired) electrons. The van der Waals surface area contributed by atoms with Crippen molar-refractivity contribution in [3.63, 3.8) is 0 Å². The first kappa shape index (κ1) is 14.1. The molecule has 7 nitrogen and oxygen atoms in total. The first-order valence-electron chi connectivity index (χ1n) is 6.91. The number of nitrogens with one attached hydrogen (secondary N) is 1. The molecule has 1 atom stereocenters. The summed E-state index contributed by atoms with van der Waals surface area (Å²) in [6.07, 6.45) is 3.04. The van der Waals surface area contributed by atoms with Crippen LogP contribution < -0.4 is 5.32 Å². The number of likely N-dealkylation sites (N-methyl/N-ethyl adjacent to an activating group) is 1. The van der Waals surface area contributed by atoms with E-state index in [1.807, 2.05) is 36.5 Å². The standard InChI is InChI=1S/C15H16N4O3/c1-18(14(20)13-10-22-15(21)17-13)9-11-3-5-12(6-4-11)19-8-2-7-16-19/h2-8,13H,9-10H2,1H3,(H,17,21)/t13-/m1/s1. The third-order valence-electron chi connectivity index (χ3n) is 3.47. The number of ether oxygens (including phenoxy) is 1. The number of alkyl carbamates (subject to hydrolysis) is 1. The summed E-state index contributed by atoms with van der Waals surface area (Å²) < 4.78 is 6.50. The molecule has 7 heteroatoms. The predicted octanol–water partition coefficient (Wildman–Crippen LogP) is 0.939. The minimum absolute atomic E-state index is 0.0836. The lowest BCUT2D eigenvalue weighted by molar-refractivity contribution is -0.132. The number of carbonyl (C=O) groups is 2. The highest BCUT2D eigenvalue weighted by molar-refractivity contribution is 5.87. The lowest BCUT2D eigenvalue weighted by atomic mass is 10.2. The number of aromatic nitrogens is 2. The average Bonchev–Trinajstić information content (AvgIpc) is 3.18. The maximum atomic E-state index is 12.2. The quantitative estimate of drug-likeness (QED) is 0.911. The third kappa shape index (κ3) is 2.93. The van der Waals surface area contributed by atoms with Gasteiger partial charge in [0.15, 0.2) is 0 Å². The molecule has 0 unspecified atom stereocenters. The molecular formula is C15H16N4O3. The zero-order chi connectivity index (χ0) is 15.5. The zero-order valence-electron chi connectivity index (χ0n) is 12.1. The summed E-state index contributed by atoms with van der Waals surface area (Å²) in [6.45, 7) is 0.546. The van der Waals surface area contributed by atoms with Crippen LogP contribution >= 0.6 is 0 Å². The van der Waals surface area contributed by atoms with E-state index in [-0.39, 0.29) is 12.5 Å². The van der Waals surface area contributed by atoms with Crippen LogP contribution in [0.15, 0.2) is 42.7 Å². The molecule has 1 aromatic heterocycles. The summed E-state index contributed by atoms with van der Waals surface area (Å²) in [5.74, 6) is -0.165. The number of amides is 2. The molecule has 2 aromatic rings. The Morgan fingerprint density at radius 2 is 2.23 bits per heavy atom. The molecule has 3 rings (SSSR count). The van der Waals surface area contributed by atoms with Crippen molar-refractivity contribution < 1.29 is 14.3 Å². The first-order valence-corrected chi connectivity index (χ1v) is 6.91. The Bertz CT molecular complexity index is 667. The summed E-state index contributed by atoms with van der Waals surface area (Å²) in [4.78, 5) is 24.7. The molecule has 0 bridgehead atoms. The Balaban J connectivity index is 1.63. The fraction of sp³-hybridized carbons (Fsp3) is 0.267. The van der Waals surface area contributed by atoms with E-state index in [1.165, 1.54) is 0 Å². The minimum atomic E-state index is -0.596. The van der Waals surface area contributed by atoms with Crippen LogP contribution in [-0.2, 0) is 16.1 Å². The van der Waals surface area contributed by atoms with Crippen LogP contribution in [0.5, 0.6) is 0 Å². The number of cyclic esters (lactones) is 1. The summed E-state index contributed by atoms with van der Waals surface area (Å²) in [5, 5.41) is 6.65. The summed E-state index contributed by atoms with van der Waals surface area (Å²) in [6, 6.07) is 9.05. The van der Waals surface area contributed by atoms with Crippen molar-refractivity contribution in [2.75, 3.05) is 13.7 Å². The normalized spacial score (nSPS) is 17.0. The topological polar surface area (TPSA) is 76.5 Å². The molecule has 1 saturated heterocycles. The molecule has 22 heavy (non-hydrogen) atoms. The van der Waals surface area contributed by atoms with E-state index in [1.54, 1.807) is 22.8 Å². The lowest BCUT2D eigenvalue weighted by Gasteiger charge is -2.20. The summed E-state index contributed by atoms with van der Waals surface area (Å²) >= 11 is 0. The van der Waals surface area contributed by atoms with Gasteiger partial charge in [0.1, 0.15) is 12.6 Å². The van der Waals surface area contributed by atoms with E-state index in [4.69, 9.17) is 4.74 Å². The van der Waals surface area contributed by atoms with Gasteiger partial charge in [-0.2, -0.15) is 5.10 Å². The van der Waals surface area contributed by atoms with Gasteiger partial charge in [0.05, 0.1) is 5.69 Å². The van der Waals surface area contributed by atoms with Crippen LogP contribution in [0.25, 0.3) is 5.69 Å². The maximum absolute atomic E-state index is 12.2. The monoisotopic (exact) mass is 300 g/mol. The van der Waals surface area contributed by atoms with E-state index in [2.05, 4.69) is 10.4 Å². The Labute approximate surface area is 127 Å². The van der Waals surface area contributed by atoms with Crippen molar-refractivity contribution in [3.05, 3.63) is 48.3 Å². The molecule has 1 N–H and O–H groups in total. The SMILES string of the molecule is CN(Cc1ccc(-n2cccn2)cc1)C(=O)[C@H]1COC(=O)N1. The van der Waals surface area contributed by atoms with Gasteiger partial charge in [-0.3, -0.25) is 4.79 Å². The average molecular weight is 300 g/mol. The number of rotatable bonds is 4. The van der Waals surface area contributed by atoms with Crippen molar-refractivity contribution in [2.45, 2.75) is 12.6 Å². The molecule has 1 aliphatic rings.